The molecule has 0 bridgehead atoms. The first kappa shape index (κ1) is 16.1. The van der Waals surface area contributed by atoms with Crippen molar-refractivity contribution in [2.24, 2.45) is 0 Å². The van der Waals surface area contributed by atoms with Crippen molar-refractivity contribution in [1.29, 1.82) is 5.41 Å². The molecule has 0 atom stereocenters. The maximum Gasteiger partial charge on any atom is 0.259 e. The normalized spacial score (nSPS) is 14.5. The molecule has 6 heteroatoms. The predicted molar refractivity (Wildman–Crippen MR) is 103 cm³/mol. The number of H-pyrrole nitrogens is 1. The van der Waals surface area contributed by atoms with Gasteiger partial charge in [0.2, 0.25) is 0 Å². The summed E-state index contributed by atoms with van der Waals surface area (Å²) in [6.45, 7) is 4.13. The molecule has 1 aliphatic rings. The van der Waals surface area contributed by atoms with E-state index in [1.165, 1.54) is 0 Å². The minimum absolute atomic E-state index is 0.0225. The number of aliphatic hydroxyl groups excluding tert-OH is 1. The second-order valence-corrected chi connectivity index (χ2v) is 6.48. The van der Waals surface area contributed by atoms with Crippen molar-refractivity contribution in [1.82, 2.24) is 9.97 Å². The molecule has 6 nitrogen and oxygen atoms in total. The van der Waals surface area contributed by atoms with Crippen LogP contribution in [0.2, 0.25) is 0 Å². The third kappa shape index (κ3) is 2.47. The summed E-state index contributed by atoms with van der Waals surface area (Å²) in [7, 11) is 0. The topological polar surface area (TPSA) is 93.1 Å². The second-order valence-electron chi connectivity index (χ2n) is 6.48. The smallest absolute Gasteiger partial charge is 0.259 e. The molecule has 0 spiro atoms. The summed E-state index contributed by atoms with van der Waals surface area (Å²) in [5.41, 5.74) is 3.44. The van der Waals surface area contributed by atoms with Crippen LogP contribution in [0.1, 0.15) is 17.0 Å². The van der Waals surface area contributed by atoms with Crippen molar-refractivity contribution < 1.29 is 5.11 Å². The van der Waals surface area contributed by atoms with Crippen molar-refractivity contribution in [3.63, 3.8) is 0 Å². The van der Waals surface area contributed by atoms with E-state index in [0.717, 1.165) is 16.8 Å². The monoisotopic (exact) mass is 346 g/mol. The first-order chi connectivity index (χ1) is 12.5. The van der Waals surface area contributed by atoms with Crippen LogP contribution in [0.25, 0.3) is 16.5 Å². The maximum absolute atomic E-state index is 12.3. The quantitative estimate of drug-likeness (QED) is 0.664. The summed E-state index contributed by atoms with van der Waals surface area (Å²) in [4.78, 5) is 21.2. The Hall–Kier alpha value is -3.41. The van der Waals surface area contributed by atoms with Crippen molar-refractivity contribution in [3.8, 4) is 0 Å². The highest BCUT2D eigenvalue weighted by Crippen LogP contribution is 2.32. The van der Waals surface area contributed by atoms with E-state index >= 15 is 0 Å². The van der Waals surface area contributed by atoms with E-state index < -0.39 is 0 Å². The fraction of sp³-hybridized carbons (Fsp3) is 0.150. The lowest BCUT2D eigenvalue weighted by Gasteiger charge is -2.21. The number of aliphatic hydroxyl groups is 1. The van der Waals surface area contributed by atoms with Crippen molar-refractivity contribution in [2.75, 3.05) is 11.4 Å². The molecule has 4 rings (SSSR count). The van der Waals surface area contributed by atoms with Gasteiger partial charge in [0.05, 0.1) is 23.0 Å². The molecular weight excluding hydrogens is 328 g/mol. The molecule has 3 aromatic rings. The third-order valence-electron chi connectivity index (χ3n) is 4.61. The van der Waals surface area contributed by atoms with Gasteiger partial charge in [-0.3, -0.25) is 10.2 Å². The Balaban J connectivity index is 1.81. The van der Waals surface area contributed by atoms with E-state index in [4.69, 9.17) is 5.41 Å². The molecule has 1 aromatic heterocycles. The number of para-hydroxylation sites is 1. The number of nitrogens with one attached hydrogen (secondary N) is 2. The molecule has 0 saturated heterocycles. The average molecular weight is 346 g/mol. The molecule has 130 valence electrons. The van der Waals surface area contributed by atoms with Gasteiger partial charge in [-0.2, -0.15) is 0 Å². The van der Waals surface area contributed by atoms with Gasteiger partial charge in [-0.15, -0.1) is 0 Å². The van der Waals surface area contributed by atoms with Gasteiger partial charge in [0.25, 0.3) is 5.56 Å². The van der Waals surface area contributed by atoms with E-state index in [1.807, 2.05) is 32.0 Å². The van der Waals surface area contributed by atoms with E-state index in [-0.39, 0.29) is 35.1 Å². The number of amidine groups is 1. The SMILES string of the molecule is Cc1ccc(C)c(N2CC(O)=C(c3nc4ccccc4c(=O)[nH]3)C2=N)c1. The zero-order chi connectivity index (χ0) is 18.4. The van der Waals surface area contributed by atoms with Crippen molar-refractivity contribution >= 4 is 28.0 Å². The summed E-state index contributed by atoms with van der Waals surface area (Å²) in [5.74, 6) is 0.355. The number of aromatic amines is 1. The minimum atomic E-state index is -0.288. The Morgan fingerprint density at radius 2 is 1.96 bits per heavy atom. The Bertz CT molecular complexity index is 1140. The van der Waals surface area contributed by atoms with Crippen LogP contribution in [0.5, 0.6) is 0 Å². The number of hydrogen-bond donors (Lipinski definition) is 3. The number of hydrogen-bond acceptors (Lipinski definition) is 4. The molecule has 0 radical (unpaired) electrons. The summed E-state index contributed by atoms with van der Waals surface area (Å²) >= 11 is 0. The Kier molecular flexibility index (Phi) is 3.61. The lowest BCUT2D eigenvalue weighted by atomic mass is 10.1. The van der Waals surface area contributed by atoms with E-state index in [1.54, 1.807) is 29.2 Å². The number of aryl methyl sites for hydroxylation is 2. The molecular formula is C20H18N4O2. The summed E-state index contributed by atoms with van der Waals surface area (Å²) in [6, 6.07) is 13.0. The maximum atomic E-state index is 12.3. The second kappa shape index (κ2) is 5.84. The highest BCUT2D eigenvalue weighted by molar-refractivity contribution is 6.30. The summed E-state index contributed by atoms with van der Waals surface area (Å²) in [6.07, 6.45) is 0. The molecule has 3 N–H and O–H groups in total. The van der Waals surface area contributed by atoms with Gasteiger partial charge in [-0.1, -0.05) is 24.3 Å². The molecule has 1 aliphatic heterocycles. The summed E-state index contributed by atoms with van der Waals surface area (Å²) < 4.78 is 0. The van der Waals surface area contributed by atoms with Crippen LogP contribution in [-0.2, 0) is 0 Å². The van der Waals surface area contributed by atoms with Crippen LogP contribution in [0.3, 0.4) is 0 Å². The number of aromatic nitrogens is 2. The van der Waals surface area contributed by atoms with Crippen LogP contribution in [-0.4, -0.2) is 27.5 Å². The molecule has 2 aromatic carbocycles. The molecule has 2 heterocycles. The zero-order valence-corrected chi connectivity index (χ0v) is 14.5. The minimum Gasteiger partial charge on any atom is -0.509 e. The lowest BCUT2D eigenvalue weighted by molar-refractivity contribution is 0.411. The van der Waals surface area contributed by atoms with Gasteiger partial charge in [0.1, 0.15) is 17.4 Å². The summed E-state index contributed by atoms with van der Waals surface area (Å²) in [5, 5.41) is 19.5. The van der Waals surface area contributed by atoms with Gasteiger partial charge in [-0.25, -0.2) is 4.98 Å². The standard InChI is InChI=1S/C20H18N4O2/c1-11-7-8-12(2)15(9-11)24-10-16(25)17(18(24)21)19-22-14-6-4-3-5-13(14)20(26)23-19/h3-9,21,25H,10H2,1-2H3,(H,22,23,26). The molecule has 0 aliphatic carbocycles. The molecule has 0 unspecified atom stereocenters. The number of benzene rings is 2. The van der Waals surface area contributed by atoms with Gasteiger partial charge in [-0.05, 0) is 43.2 Å². The van der Waals surface area contributed by atoms with Crippen LogP contribution < -0.4 is 10.5 Å². The van der Waals surface area contributed by atoms with Crippen LogP contribution in [0.4, 0.5) is 5.69 Å². The van der Waals surface area contributed by atoms with Gasteiger partial charge in [0.15, 0.2) is 0 Å². The highest BCUT2D eigenvalue weighted by Gasteiger charge is 2.31. The molecule has 26 heavy (non-hydrogen) atoms. The number of nitrogens with zero attached hydrogens (tertiary/aromatic N) is 2. The largest absolute Gasteiger partial charge is 0.509 e. The first-order valence-electron chi connectivity index (χ1n) is 8.31. The lowest BCUT2D eigenvalue weighted by Crippen LogP contribution is -2.27. The number of rotatable bonds is 2. The number of fused-ring (bicyclic) bond motifs is 1. The van der Waals surface area contributed by atoms with Gasteiger partial charge in [0, 0.05) is 5.69 Å². The van der Waals surface area contributed by atoms with E-state index in [2.05, 4.69) is 9.97 Å². The fourth-order valence-corrected chi connectivity index (χ4v) is 3.25. The Morgan fingerprint density at radius 3 is 2.77 bits per heavy atom. The molecule has 0 saturated carbocycles. The van der Waals surface area contributed by atoms with Crippen molar-refractivity contribution in [3.05, 3.63) is 75.5 Å². The number of anilines is 1. The fourth-order valence-electron chi connectivity index (χ4n) is 3.25. The van der Waals surface area contributed by atoms with Crippen LogP contribution in [0.15, 0.2) is 53.0 Å². The molecule has 0 fully saturated rings. The highest BCUT2D eigenvalue weighted by atomic mass is 16.3. The first-order valence-corrected chi connectivity index (χ1v) is 8.31. The Morgan fingerprint density at radius 1 is 1.19 bits per heavy atom. The van der Waals surface area contributed by atoms with Crippen LogP contribution >= 0.6 is 0 Å². The van der Waals surface area contributed by atoms with E-state index in [0.29, 0.717) is 10.9 Å². The van der Waals surface area contributed by atoms with Gasteiger partial charge < -0.3 is 15.0 Å². The third-order valence-corrected chi connectivity index (χ3v) is 4.61. The van der Waals surface area contributed by atoms with E-state index in [9.17, 15) is 9.90 Å². The molecule has 0 amide bonds. The van der Waals surface area contributed by atoms with Crippen molar-refractivity contribution in [2.45, 2.75) is 13.8 Å². The van der Waals surface area contributed by atoms with Crippen LogP contribution in [0, 0.1) is 19.3 Å². The Labute approximate surface area is 150 Å². The zero-order valence-electron chi connectivity index (χ0n) is 14.5. The average Bonchev–Trinajstić information content (AvgIpc) is 2.91. The predicted octanol–water partition coefficient (Wildman–Crippen LogP) is 3.31. The van der Waals surface area contributed by atoms with Gasteiger partial charge >= 0.3 is 0 Å².